The molecule has 27 heavy (non-hydrogen) atoms. The molecule has 0 aliphatic carbocycles. The first-order chi connectivity index (χ1) is 13.3. The molecule has 0 atom stereocenters. The topological polar surface area (TPSA) is 68.0 Å². The number of aromatic nitrogens is 5. The lowest BCUT2D eigenvalue weighted by Crippen LogP contribution is -2.06. The molecule has 0 amide bonds. The van der Waals surface area contributed by atoms with Gasteiger partial charge < -0.3 is 5.32 Å². The zero-order valence-corrected chi connectivity index (χ0v) is 15.4. The molecule has 0 bridgehead atoms. The number of nitrogens with one attached hydrogen (secondary N) is 1. The molecule has 0 unspecified atom stereocenters. The normalized spacial score (nSPS) is 11.3. The summed E-state index contributed by atoms with van der Waals surface area (Å²) in [4.78, 5) is 9.89. The number of fused-ring (bicyclic) bond motifs is 2. The van der Waals surface area contributed by atoms with Crippen molar-refractivity contribution in [3.63, 3.8) is 0 Å². The summed E-state index contributed by atoms with van der Waals surface area (Å²) in [6, 6.07) is 14.4. The van der Waals surface area contributed by atoms with E-state index in [0.29, 0.717) is 6.54 Å². The molecule has 0 aliphatic heterocycles. The van der Waals surface area contributed by atoms with Crippen LogP contribution < -0.4 is 5.32 Å². The van der Waals surface area contributed by atoms with Crippen molar-refractivity contribution in [1.82, 2.24) is 24.6 Å². The standard InChI is InChI=1S/C20H16N6S/c1-13-5-7-14(8-6-13)15-11-27-20-18(15)19(22-12-23-20)21-10-17-25-24-16-4-2-3-9-26(16)17/h2-9,11-12H,10H2,1H3,(H,21,22,23). The second-order valence-corrected chi connectivity index (χ2v) is 7.17. The van der Waals surface area contributed by atoms with Gasteiger partial charge >= 0.3 is 0 Å². The predicted octanol–water partition coefficient (Wildman–Crippen LogP) is 4.32. The van der Waals surface area contributed by atoms with Crippen molar-refractivity contribution in [3.05, 3.63) is 71.8 Å². The molecule has 0 saturated carbocycles. The highest BCUT2D eigenvalue weighted by Crippen LogP contribution is 2.36. The number of nitrogens with zero attached hydrogens (tertiary/aromatic N) is 5. The van der Waals surface area contributed by atoms with E-state index in [9.17, 15) is 0 Å². The average molecular weight is 372 g/mol. The van der Waals surface area contributed by atoms with E-state index in [1.165, 1.54) is 5.56 Å². The summed E-state index contributed by atoms with van der Waals surface area (Å²) in [5.74, 6) is 1.65. The largest absolute Gasteiger partial charge is 0.362 e. The van der Waals surface area contributed by atoms with E-state index in [0.717, 1.165) is 38.6 Å². The minimum Gasteiger partial charge on any atom is -0.362 e. The number of aryl methyl sites for hydroxylation is 1. The molecule has 5 rings (SSSR count). The van der Waals surface area contributed by atoms with Crippen molar-refractivity contribution < 1.29 is 0 Å². The number of anilines is 1. The smallest absolute Gasteiger partial charge is 0.160 e. The molecule has 1 N–H and O–H groups in total. The number of thiophene rings is 1. The first-order valence-corrected chi connectivity index (χ1v) is 9.49. The molecule has 0 radical (unpaired) electrons. The van der Waals surface area contributed by atoms with E-state index in [2.05, 4.69) is 62.1 Å². The summed E-state index contributed by atoms with van der Waals surface area (Å²) in [5, 5.41) is 15.1. The van der Waals surface area contributed by atoms with Crippen LogP contribution in [0, 0.1) is 6.92 Å². The van der Waals surface area contributed by atoms with Crippen LogP contribution in [0.25, 0.3) is 27.0 Å². The van der Waals surface area contributed by atoms with E-state index in [1.54, 1.807) is 17.7 Å². The second-order valence-electron chi connectivity index (χ2n) is 6.32. The van der Waals surface area contributed by atoms with Crippen LogP contribution in [0.4, 0.5) is 5.82 Å². The Morgan fingerprint density at radius 3 is 2.81 bits per heavy atom. The van der Waals surface area contributed by atoms with Crippen LogP contribution in [0.3, 0.4) is 0 Å². The number of hydrogen-bond donors (Lipinski definition) is 1. The van der Waals surface area contributed by atoms with Gasteiger partial charge in [-0.05, 0) is 24.6 Å². The molecule has 0 fully saturated rings. The van der Waals surface area contributed by atoms with Crippen molar-refractivity contribution in [2.24, 2.45) is 0 Å². The first-order valence-electron chi connectivity index (χ1n) is 8.61. The first kappa shape index (κ1) is 15.9. The Kier molecular flexibility index (Phi) is 3.79. The summed E-state index contributed by atoms with van der Waals surface area (Å²) in [5.41, 5.74) is 4.38. The monoisotopic (exact) mass is 372 g/mol. The van der Waals surface area contributed by atoms with Gasteiger partial charge in [-0.2, -0.15) is 0 Å². The fourth-order valence-corrected chi connectivity index (χ4v) is 4.04. The summed E-state index contributed by atoms with van der Waals surface area (Å²) in [6.45, 7) is 2.62. The van der Waals surface area contributed by atoms with Gasteiger partial charge in [-0.15, -0.1) is 21.5 Å². The van der Waals surface area contributed by atoms with Crippen LogP contribution in [0.1, 0.15) is 11.4 Å². The van der Waals surface area contributed by atoms with Crippen molar-refractivity contribution in [2.75, 3.05) is 5.32 Å². The molecule has 0 aliphatic rings. The Bertz CT molecular complexity index is 1240. The summed E-state index contributed by atoms with van der Waals surface area (Å²) in [7, 11) is 0. The Morgan fingerprint density at radius 1 is 1.04 bits per heavy atom. The highest BCUT2D eigenvalue weighted by Gasteiger charge is 2.14. The zero-order chi connectivity index (χ0) is 18.2. The Labute approximate surface area is 159 Å². The summed E-state index contributed by atoms with van der Waals surface area (Å²) < 4.78 is 1.97. The lowest BCUT2D eigenvalue weighted by molar-refractivity contribution is 0.912. The average Bonchev–Trinajstić information content (AvgIpc) is 3.32. The fraction of sp³-hybridized carbons (Fsp3) is 0.100. The molecule has 1 aromatic carbocycles. The van der Waals surface area contributed by atoms with Gasteiger partial charge in [-0.1, -0.05) is 35.9 Å². The summed E-state index contributed by atoms with van der Waals surface area (Å²) in [6.07, 6.45) is 3.56. The molecule has 0 spiro atoms. The van der Waals surface area contributed by atoms with Gasteiger partial charge in [0.2, 0.25) is 0 Å². The third-order valence-corrected chi connectivity index (χ3v) is 5.42. The van der Waals surface area contributed by atoms with E-state index in [-0.39, 0.29) is 0 Å². The Morgan fingerprint density at radius 2 is 1.93 bits per heavy atom. The van der Waals surface area contributed by atoms with Gasteiger partial charge in [-0.3, -0.25) is 4.40 Å². The molecule has 132 valence electrons. The zero-order valence-electron chi connectivity index (χ0n) is 14.6. The minimum absolute atomic E-state index is 0.528. The maximum Gasteiger partial charge on any atom is 0.160 e. The van der Waals surface area contributed by atoms with Crippen molar-refractivity contribution >= 4 is 33.0 Å². The van der Waals surface area contributed by atoms with E-state index < -0.39 is 0 Å². The van der Waals surface area contributed by atoms with E-state index in [4.69, 9.17) is 0 Å². The van der Waals surface area contributed by atoms with Gasteiger partial charge in [0.1, 0.15) is 17.0 Å². The van der Waals surface area contributed by atoms with Crippen LogP contribution in [0.5, 0.6) is 0 Å². The number of hydrogen-bond acceptors (Lipinski definition) is 6. The highest BCUT2D eigenvalue weighted by molar-refractivity contribution is 7.17. The maximum absolute atomic E-state index is 4.49. The molecular formula is C20H16N6S. The van der Waals surface area contributed by atoms with Crippen LogP contribution in [-0.2, 0) is 6.54 Å². The Hall–Kier alpha value is -3.32. The minimum atomic E-state index is 0.528. The van der Waals surface area contributed by atoms with Gasteiger partial charge in [0, 0.05) is 17.1 Å². The van der Waals surface area contributed by atoms with Gasteiger partial charge in [0.15, 0.2) is 11.5 Å². The predicted molar refractivity (Wildman–Crippen MR) is 108 cm³/mol. The SMILES string of the molecule is Cc1ccc(-c2csc3ncnc(NCc4nnc5ccccn45)c23)cc1. The van der Waals surface area contributed by atoms with Crippen molar-refractivity contribution in [1.29, 1.82) is 0 Å². The summed E-state index contributed by atoms with van der Waals surface area (Å²) >= 11 is 1.63. The van der Waals surface area contributed by atoms with Crippen molar-refractivity contribution in [2.45, 2.75) is 13.5 Å². The third kappa shape index (κ3) is 2.82. The van der Waals surface area contributed by atoms with Crippen LogP contribution in [0.15, 0.2) is 60.4 Å². The van der Waals surface area contributed by atoms with Gasteiger partial charge in [0.05, 0.1) is 11.9 Å². The quantitative estimate of drug-likeness (QED) is 0.509. The van der Waals surface area contributed by atoms with E-state index in [1.807, 2.05) is 28.8 Å². The molecule has 4 aromatic heterocycles. The number of rotatable bonds is 4. The van der Waals surface area contributed by atoms with Crippen molar-refractivity contribution in [3.8, 4) is 11.1 Å². The number of benzene rings is 1. The molecule has 7 heteroatoms. The third-order valence-electron chi connectivity index (χ3n) is 4.53. The molecule has 0 saturated heterocycles. The van der Waals surface area contributed by atoms with Crippen LogP contribution >= 0.6 is 11.3 Å². The van der Waals surface area contributed by atoms with E-state index >= 15 is 0 Å². The molecular weight excluding hydrogens is 356 g/mol. The molecule has 5 aromatic rings. The van der Waals surface area contributed by atoms with Crippen LogP contribution in [0.2, 0.25) is 0 Å². The maximum atomic E-state index is 4.49. The molecule has 4 heterocycles. The fourth-order valence-electron chi connectivity index (χ4n) is 3.13. The van der Waals surface area contributed by atoms with Crippen LogP contribution in [-0.4, -0.2) is 24.6 Å². The van der Waals surface area contributed by atoms with Gasteiger partial charge in [-0.25, -0.2) is 9.97 Å². The lowest BCUT2D eigenvalue weighted by atomic mass is 10.0. The highest BCUT2D eigenvalue weighted by atomic mass is 32.1. The van der Waals surface area contributed by atoms with Gasteiger partial charge in [0.25, 0.3) is 0 Å². The second kappa shape index (κ2) is 6.44. The number of pyridine rings is 1. The lowest BCUT2D eigenvalue weighted by Gasteiger charge is -2.08. The molecule has 6 nitrogen and oxygen atoms in total. The Balaban J connectivity index is 1.53.